The van der Waals surface area contributed by atoms with Crippen molar-refractivity contribution in [2.75, 3.05) is 36.0 Å². The van der Waals surface area contributed by atoms with E-state index in [1.54, 1.807) is 12.5 Å². The summed E-state index contributed by atoms with van der Waals surface area (Å²) < 4.78 is 0. The molecule has 0 aliphatic carbocycles. The van der Waals surface area contributed by atoms with Crippen molar-refractivity contribution in [1.29, 1.82) is 5.26 Å². The molecule has 21 heavy (non-hydrogen) atoms. The largest absolute Gasteiger partial charge is 0.366 e. The highest BCUT2D eigenvalue weighted by Crippen LogP contribution is 2.21. The number of hydrogen-bond acceptors (Lipinski definition) is 6. The van der Waals surface area contributed by atoms with Gasteiger partial charge in [0.15, 0.2) is 5.69 Å². The number of aromatic nitrogens is 3. The van der Waals surface area contributed by atoms with E-state index in [0.717, 1.165) is 43.4 Å². The monoisotopic (exact) mass is 280 g/mol. The fourth-order valence-corrected chi connectivity index (χ4v) is 2.53. The number of aryl methyl sites for hydroxylation is 1. The van der Waals surface area contributed by atoms with Gasteiger partial charge in [-0.05, 0) is 19.1 Å². The number of piperazine rings is 1. The Balaban J connectivity index is 1.72. The summed E-state index contributed by atoms with van der Waals surface area (Å²) in [6, 6.07) is 7.98. The Morgan fingerprint density at radius 3 is 2.57 bits per heavy atom. The van der Waals surface area contributed by atoms with Crippen LogP contribution in [-0.2, 0) is 0 Å². The molecule has 3 heterocycles. The van der Waals surface area contributed by atoms with Gasteiger partial charge in [0.1, 0.15) is 18.2 Å². The van der Waals surface area contributed by atoms with Gasteiger partial charge in [-0.25, -0.2) is 15.0 Å². The topological polar surface area (TPSA) is 68.9 Å². The first kappa shape index (κ1) is 13.3. The lowest BCUT2D eigenvalue weighted by atomic mass is 10.2. The van der Waals surface area contributed by atoms with E-state index in [-0.39, 0.29) is 0 Å². The summed E-state index contributed by atoms with van der Waals surface area (Å²) in [4.78, 5) is 17.0. The highest BCUT2D eigenvalue weighted by Gasteiger charge is 2.20. The van der Waals surface area contributed by atoms with Crippen LogP contribution in [0.4, 0.5) is 11.5 Å². The Bertz CT molecular complexity index is 670. The molecule has 1 fully saturated rings. The van der Waals surface area contributed by atoms with Gasteiger partial charge < -0.3 is 9.80 Å². The molecule has 1 aliphatic rings. The summed E-state index contributed by atoms with van der Waals surface area (Å²) in [7, 11) is 0. The maximum Gasteiger partial charge on any atom is 0.163 e. The number of hydrogen-bond donors (Lipinski definition) is 0. The summed E-state index contributed by atoms with van der Waals surface area (Å²) in [5, 5.41) is 9.14. The minimum atomic E-state index is 0.490. The van der Waals surface area contributed by atoms with Crippen molar-refractivity contribution in [3.8, 4) is 6.07 Å². The van der Waals surface area contributed by atoms with Crippen LogP contribution in [0.2, 0.25) is 0 Å². The molecule has 3 rings (SSSR count). The van der Waals surface area contributed by atoms with E-state index >= 15 is 0 Å². The van der Waals surface area contributed by atoms with Gasteiger partial charge in [-0.15, -0.1) is 0 Å². The first-order valence-corrected chi connectivity index (χ1v) is 6.91. The van der Waals surface area contributed by atoms with E-state index in [0.29, 0.717) is 5.69 Å². The molecule has 6 nitrogen and oxygen atoms in total. The fourth-order valence-electron chi connectivity index (χ4n) is 2.53. The second-order valence-electron chi connectivity index (χ2n) is 4.97. The Hall–Kier alpha value is -2.68. The summed E-state index contributed by atoms with van der Waals surface area (Å²) in [6.07, 6.45) is 3.26. The van der Waals surface area contributed by atoms with E-state index in [1.165, 1.54) is 0 Å². The van der Waals surface area contributed by atoms with E-state index in [1.807, 2.05) is 25.1 Å². The zero-order valence-electron chi connectivity index (χ0n) is 11.9. The minimum Gasteiger partial charge on any atom is -0.366 e. The zero-order valence-corrected chi connectivity index (χ0v) is 11.9. The second kappa shape index (κ2) is 5.75. The number of pyridine rings is 1. The quantitative estimate of drug-likeness (QED) is 0.827. The molecule has 0 bridgehead atoms. The predicted molar refractivity (Wildman–Crippen MR) is 80.1 cm³/mol. The highest BCUT2D eigenvalue weighted by atomic mass is 15.3. The van der Waals surface area contributed by atoms with Crippen LogP contribution in [0.5, 0.6) is 0 Å². The highest BCUT2D eigenvalue weighted by molar-refractivity contribution is 5.57. The lowest BCUT2D eigenvalue weighted by Crippen LogP contribution is -2.47. The van der Waals surface area contributed by atoms with E-state index < -0.39 is 0 Å². The van der Waals surface area contributed by atoms with Crippen molar-refractivity contribution >= 4 is 11.5 Å². The third-order valence-electron chi connectivity index (χ3n) is 3.63. The molecule has 2 aromatic heterocycles. The first-order valence-electron chi connectivity index (χ1n) is 6.91. The molecule has 0 saturated carbocycles. The van der Waals surface area contributed by atoms with Gasteiger partial charge >= 0.3 is 0 Å². The van der Waals surface area contributed by atoms with Gasteiger partial charge in [0.2, 0.25) is 0 Å². The Labute approximate surface area is 123 Å². The minimum absolute atomic E-state index is 0.490. The molecule has 0 atom stereocenters. The Morgan fingerprint density at radius 1 is 1.10 bits per heavy atom. The number of anilines is 2. The maximum absolute atomic E-state index is 9.14. The van der Waals surface area contributed by atoms with Crippen LogP contribution in [0.25, 0.3) is 0 Å². The number of nitrogens with zero attached hydrogens (tertiary/aromatic N) is 6. The smallest absolute Gasteiger partial charge is 0.163 e. The van der Waals surface area contributed by atoms with E-state index in [4.69, 9.17) is 5.26 Å². The molecule has 0 aromatic carbocycles. The van der Waals surface area contributed by atoms with E-state index in [9.17, 15) is 0 Å². The number of nitriles is 1. The Kier molecular flexibility index (Phi) is 3.65. The first-order chi connectivity index (χ1) is 10.3. The second-order valence-corrected chi connectivity index (χ2v) is 4.97. The molecule has 0 radical (unpaired) electrons. The van der Waals surface area contributed by atoms with Gasteiger partial charge in [0, 0.05) is 44.1 Å². The van der Waals surface area contributed by atoms with Gasteiger partial charge in [-0.2, -0.15) is 5.26 Å². The molecule has 1 saturated heterocycles. The van der Waals surface area contributed by atoms with Crippen LogP contribution in [0.3, 0.4) is 0 Å². The molecule has 2 aromatic rings. The molecule has 0 unspecified atom stereocenters. The molecule has 6 heteroatoms. The predicted octanol–water partition coefficient (Wildman–Crippen LogP) is 1.38. The molecule has 0 amide bonds. The summed E-state index contributed by atoms with van der Waals surface area (Å²) in [5.74, 6) is 0.967. The zero-order chi connectivity index (χ0) is 14.7. The van der Waals surface area contributed by atoms with Crippen molar-refractivity contribution in [1.82, 2.24) is 15.0 Å². The average Bonchev–Trinajstić information content (AvgIpc) is 2.55. The Morgan fingerprint density at radius 2 is 1.86 bits per heavy atom. The third kappa shape index (κ3) is 2.77. The van der Waals surface area contributed by atoms with Gasteiger partial charge in [-0.1, -0.05) is 0 Å². The van der Waals surface area contributed by atoms with Crippen molar-refractivity contribution < 1.29 is 0 Å². The summed E-state index contributed by atoms with van der Waals surface area (Å²) in [6.45, 7) is 5.41. The summed E-state index contributed by atoms with van der Waals surface area (Å²) >= 11 is 0. The number of rotatable bonds is 2. The maximum atomic E-state index is 9.14. The van der Waals surface area contributed by atoms with Crippen LogP contribution < -0.4 is 9.80 Å². The van der Waals surface area contributed by atoms with Crippen LogP contribution in [0, 0.1) is 18.3 Å². The lowest BCUT2D eigenvalue weighted by Gasteiger charge is -2.36. The SMILES string of the molecule is Cc1cc(N2CCN(c3cccnc3C#N)CC2)ncn1. The van der Waals surface area contributed by atoms with Crippen molar-refractivity contribution in [3.05, 3.63) is 42.1 Å². The molecule has 0 spiro atoms. The summed E-state index contributed by atoms with van der Waals surface area (Å²) in [5.41, 5.74) is 2.38. The van der Waals surface area contributed by atoms with Crippen LogP contribution in [0.15, 0.2) is 30.7 Å². The standard InChI is InChI=1S/C15H16N6/c1-12-9-15(19-11-18-12)21-7-5-20(6-8-21)14-3-2-4-17-13(14)10-16/h2-4,9,11H,5-8H2,1H3. The molecule has 0 N–H and O–H groups in total. The molecule has 1 aliphatic heterocycles. The average molecular weight is 280 g/mol. The van der Waals surface area contributed by atoms with Gasteiger partial charge in [-0.3, -0.25) is 0 Å². The van der Waals surface area contributed by atoms with Crippen molar-refractivity contribution in [2.45, 2.75) is 6.92 Å². The van der Waals surface area contributed by atoms with Crippen LogP contribution in [-0.4, -0.2) is 41.1 Å². The van der Waals surface area contributed by atoms with E-state index in [2.05, 4.69) is 30.8 Å². The fraction of sp³-hybridized carbons (Fsp3) is 0.333. The van der Waals surface area contributed by atoms with Gasteiger partial charge in [0.05, 0.1) is 5.69 Å². The normalized spacial score (nSPS) is 14.9. The van der Waals surface area contributed by atoms with Crippen molar-refractivity contribution in [3.63, 3.8) is 0 Å². The molecular weight excluding hydrogens is 264 g/mol. The van der Waals surface area contributed by atoms with Crippen molar-refractivity contribution in [2.24, 2.45) is 0 Å². The van der Waals surface area contributed by atoms with Gasteiger partial charge in [0.25, 0.3) is 0 Å². The third-order valence-corrected chi connectivity index (χ3v) is 3.63. The van der Waals surface area contributed by atoms with Crippen LogP contribution >= 0.6 is 0 Å². The molecule has 106 valence electrons. The lowest BCUT2D eigenvalue weighted by molar-refractivity contribution is 0.645. The molecular formula is C15H16N6. The van der Waals surface area contributed by atoms with Crippen LogP contribution in [0.1, 0.15) is 11.4 Å².